The van der Waals surface area contributed by atoms with Gasteiger partial charge in [0.05, 0.1) is 0 Å². The lowest BCUT2D eigenvalue weighted by Crippen LogP contribution is -2.32. The number of thioether (sulfide) groups is 1. The predicted octanol–water partition coefficient (Wildman–Crippen LogP) is 2.45. The Labute approximate surface area is 100 Å². The largest absolute Gasteiger partial charge is 0.317 e. The van der Waals surface area contributed by atoms with E-state index < -0.39 is 0 Å². The van der Waals surface area contributed by atoms with E-state index in [1.165, 1.54) is 44.6 Å². The van der Waals surface area contributed by atoms with E-state index in [1.807, 2.05) is 11.8 Å². The topological polar surface area (TPSA) is 15.3 Å². The Morgan fingerprint density at radius 3 is 2.60 bits per heavy atom. The highest BCUT2D eigenvalue weighted by atomic mass is 32.2. The van der Waals surface area contributed by atoms with E-state index in [-0.39, 0.29) is 0 Å². The summed E-state index contributed by atoms with van der Waals surface area (Å²) in [6.45, 7) is 8.10. The van der Waals surface area contributed by atoms with Crippen molar-refractivity contribution in [1.29, 1.82) is 0 Å². The molecular formula is C12H28N2S. The predicted molar refractivity (Wildman–Crippen MR) is 72.9 cm³/mol. The molecule has 0 aliphatic rings. The molecule has 0 aromatic carbocycles. The fraction of sp³-hybridized carbons (Fsp3) is 1.00. The van der Waals surface area contributed by atoms with Gasteiger partial charge in [0, 0.05) is 11.8 Å². The summed E-state index contributed by atoms with van der Waals surface area (Å²) in [6.07, 6.45) is 6.03. The lowest BCUT2D eigenvalue weighted by atomic mass is 10.2. The van der Waals surface area contributed by atoms with Crippen molar-refractivity contribution >= 4 is 11.8 Å². The smallest absolute Gasteiger partial charge is 0.0154 e. The van der Waals surface area contributed by atoms with Crippen molar-refractivity contribution in [3.05, 3.63) is 0 Å². The van der Waals surface area contributed by atoms with Crippen molar-refractivity contribution in [2.24, 2.45) is 0 Å². The quantitative estimate of drug-likeness (QED) is 0.583. The number of unbranched alkanes of at least 4 members (excludes halogenated alkanes) is 1. The zero-order valence-electron chi connectivity index (χ0n) is 10.9. The summed E-state index contributed by atoms with van der Waals surface area (Å²) in [5, 5.41) is 3.44. The highest BCUT2D eigenvalue weighted by molar-refractivity contribution is 7.98. The van der Waals surface area contributed by atoms with Crippen LogP contribution in [-0.2, 0) is 0 Å². The molecule has 0 saturated carbocycles. The molecule has 0 rings (SSSR count). The molecule has 0 fully saturated rings. The zero-order chi connectivity index (χ0) is 11.5. The molecule has 0 amide bonds. The minimum Gasteiger partial charge on any atom is -0.317 e. The summed E-state index contributed by atoms with van der Waals surface area (Å²) in [6, 6.07) is 0.712. The first kappa shape index (κ1) is 15.3. The Hall–Kier alpha value is 0.270. The van der Waals surface area contributed by atoms with E-state index in [4.69, 9.17) is 0 Å². The first-order valence-corrected chi connectivity index (χ1v) is 7.51. The van der Waals surface area contributed by atoms with E-state index in [0.717, 1.165) is 0 Å². The second kappa shape index (κ2) is 10.8. The van der Waals surface area contributed by atoms with Gasteiger partial charge in [0.1, 0.15) is 0 Å². The minimum atomic E-state index is 0.712. The Bertz CT molecular complexity index is 131. The highest BCUT2D eigenvalue weighted by Crippen LogP contribution is 2.04. The van der Waals surface area contributed by atoms with Crippen LogP contribution in [0.1, 0.15) is 33.1 Å². The summed E-state index contributed by atoms with van der Waals surface area (Å²) in [4.78, 5) is 2.47. The second-order valence-electron chi connectivity index (χ2n) is 4.24. The third-order valence-electron chi connectivity index (χ3n) is 2.70. The summed E-state index contributed by atoms with van der Waals surface area (Å²) >= 11 is 1.93. The van der Waals surface area contributed by atoms with E-state index in [1.54, 1.807) is 0 Å². The summed E-state index contributed by atoms with van der Waals surface area (Å²) in [5.41, 5.74) is 0. The fourth-order valence-electron chi connectivity index (χ4n) is 1.50. The molecule has 0 aliphatic carbocycles. The van der Waals surface area contributed by atoms with Crippen molar-refractivity contribution in [3.8, 4) is 0 Å². The maximum Gasteiger partial charge on any atom is 0.0154 e. The average Bonchev–Trinajstić information content (AvgIpc) is 2.23. The van der Waals surface area contributed by atoms with E-state index >= 15 is 0 Å². The SMILES string of the molecule is CCCNCCCCN(C)C(C)CSC. The molecule has 0 aromatic heterocycles. The van der Waals surface area contributed by atoms with Gasteiger partial charge in [-0.2, -0.15) is 11.8 Å². The fourth-order valence-corrected chi connectivity index (χ4v) is 2.24. The summed E-state index contributed by atoms with van der Waals surface area (Å²) in [5.74, 6) is 1.24. The Balaban J connectivity index is 3.26. The molecule has 1 unspecified atom stereocenters. The van der Waals surface area contributed by atoms with Gasteiger partial charge in [-0.15, -0.1) is 0 Å². The lowest BCUT2D eigenvalue weighted by molar-refractivity contribution is 0.271. The molecular weight excluding hydrogens is 204 g/mol. The molecule has 0 heterocycles. The molecule has 0 saturated heterocycles. The summed E-state index contributed by atoms with van der Waals surface area (Å²) < 4.78 is 0. The molecule has 0 radical (unpaired) electrons. The minimum absolute atomic E-state index is 0.712. The normalized spacial score (nSPS) is 13.4. The molecule has 0 aliphatic heterocycles. The van der Waals surface area contributed by atoms with Crippen LogP contribution < -0.4 is 5.32 Å². The van der Waals surface area contributed by atoms with Gasteiger partial charge in [0.25, 0.3) is 0 Å². The molecule has 15 heavy (non-hydrogen) atoms. The van der Waals surface area contributed by atoms with Crippen LogP contribution in [0.5, 0.6) is 0 Å². The molecule has 0 aromatic rings. The van der Waals surface area contributed by atoms with Gasteiger partial charge in [-0.25, -0.2) is 0 Å². The molecule has 2 nitrogen and oxygen atoms in total. The van der Waals surface area contributed by atoms with E-state index in [0.29, 0.717) is 6.04 Å². The number of hydrogen-bond donors (Lipinski definition) is 1. The maximum atomic E-state index is 3.44. The van der Waals surface area contributed by atoms with Crippen LogP contribution in [0.4, 0.5) is 0 Å². The van der Waals surface area contributed by atoms with Crippen molar-refractivity contribution in [2.75, 3.05) is 38.7 Å². The molecule has 1 atom stereocenters. The number of hydrogen-bond acceptors (Lipinski definition) is 3. The van der Waals surface area contributed by atoms with Gasteiger partial charge in [-0.3, -0.25) is 0 Å². The van der Waals surface area contributed by atoms with Crippen LogP contribution in [0.3, 0.4) is 0 Å². The third-order valence-corrected chi connectivity index (χ3v) is 3.52. The van der Waals surface area contributed by atoms with Crippen molar-refractivity contribution in [2.45, 2.75) is 39.2 Å². The third kappa shape index (κ3) is 9.21. The van der Waals surface area contributed by atoms with Crippen molar-refractivity contribution < 1.29 is 0 Å². The first-order valence-electron chi connectivity index (χ1n) is 6.12. The molecule has 3 heteroatoms. The lowest BCUT2D eigenvalue weighted by Gasteiger charge is -2.23. The van der Waals surface area contributed by atoms with Gasteiger partial charge < -0.3 is 10.2 Å². The van der Waals surface area contributed by atoms with Crippen molar-refractivity contribution in [3.63, 3.8) is 0 Å². The summed E-state index contributed by atoms with van der Waals surface area (Å²) in [7, 11) is 2.24. The Kier molecular flexibility index (Phi) is 11.0. The van der Waals surface area contributed by atoms with Gasteiger partial charge >= 0.3 is 0 Å². The Morgan fingerprint density at radius 2 is 2.00 bits per heavy atom. The highest BCUT2D eigenvalue weighted by Gasteiger charge is 2.06. The van der Waals surface area contributed by atoms with E-state index in [9.17, 15) is 0 Å². The van der Waals surface area contributed by atoms with Crippen LogP contribution in [0, 0.1) is 0 Å². The monoisotopic (exact) mass is 232 g/mol. The number of nitrogens with one attached hydrogen (secondary N) is 1. The first-order chi connectivity index (χ1) is 7.22. The average molecular weight is 232 g/mol. The molecule has 1 N–H and O–H groups in total. The van der Waals surface area contributed by atoms with Crippen LogP contribution >= 0.6 is 11.8 Å². The molecule has 92 valence electrons. The van der Waals surface area contributed by atoms with E-state index in [2.05, 4.69) is 37.4 Å². The number of rotatable bonds is 10. The van der Waals surface area contributed by atoms with Crippen LogP contribution in [0.15, 0.2) is 0 Å². The number of nitrogens with zero attached hydrogens (tertiary/aromatic N) is 1. The van der Waals surface area contributed by atoms with Crippen LogP contribution in [0.2, 0.25) is 0 Å². The zero-order valence-corrected chi connectivity index (χ0v) is 11.7. The van der Waals surface area contributed by atoms with Gasteiger partial charge in [-0.1, -0.05) is 6.92 Å². The standard InChI is InChI=1S/C12H28N2S/c1-5-8-13-9-6-7-10-14(3)12(2)11-15-4/h12-13H,5-11H2,1-4H3. The molecule has 0 bridgehead atoms. The van der Waals surface area contributed by atoms with Gasteiger partial charge in [0.2, 0.25) is 0 Å². The van der Waals surface area contributed by atoms with Gasteiger partial charge in [-0.05, 0) is 59.1 Å². The Morgan fingerprint density at radius 1 is 1.27 bits per heavy atom. The van der Waals surface area contributed by atoms with Crippen LogP contribution in [-0.4, -0.2) is 49.6 Å². The second-order valence-corrected chi connectivity index (χ2v) is 5.15. The maximum absolute atomic E-state index is 3.44. The van der Waals surface area contributed by atoms with Crippen LogP contribution in [0.25, 0.3) is 0 Å². The van der Waals surface area contributed by atoms with Crippen molar-refractivity contribution in [1.82, 2.24) is 10.2 Å². The molecule has 0 spiro atoms. The van der Waals surface area contributed by atoms with Gasteiger partial charge in [0.15, 0.2) is 0 Å².